The van der Waals surface area contributed by atoms with Crippen LogP contribution in [0.5, 0.6) is 34.5 Å². The third-order valence-corrected chi connectivity index (χ3v) is 28.4. The van der Waals surface area contributed by atoms with Crippen molar-refractivity contribution < 1.29 is 14.2 Å². The van der Waals surface area contributed by atoms with E-state index in [4.69, 9.17) is 59.1 Å². The van der Waals surface area contributed by atoms with Gasteiger partial charge >= 0.3 is 0 Å². The van der Waals surface area contributed by atoms with Gasteiger partial charge in [-0.25, -0.2) is 44.9 Å². The molecule has 3 aliphatic heterocycles. The zero-order valence-electron chi connectivity index (χ0n) is 81.4. The molecule has 0 spiro atoms. The highest BCUT2D eigenvalue weighted by molar-refractivity contribution is 5.85. The van der Waals surface area contributed by atoms with E-state index in [-0.39, 0.29) is 0 Å². The quantitative estimate of drug-likeness (QED) is 0.0806. The van der Waals surface area contributed by atoms with Gasteiger partial charge in [0.2, 0.25) is 0 Å². The Balaban J connectivity index is 0.000000116. The van der Waals surface area contributed by atoms with Crippen LogP contribution in [0.1, 0.15) is 66.8 Å². The molecule has 0 fully saturated rings. The zero-order valence-corrected chi connectivity index (χ0v) is 81.4. The maximum atomic E-state index is 6.92. The molecule has 3 aromatic heterocycles. The predicted octanol–water partition coefficient (Wildman–Crippen LogP) is 33.1. The minimum atomic E-state index is -0.594. The average Bonchev–Trinajstić information content (AvgIpc) is 0.706. The standard InChI is InChI=1S/3C46H31N3O/c1-5-17-32(18-6-1)43-47-44(33-19-7-2-8-20-33)49-45(48-43)35-22-15-21-34(31-35)38-27-16-29-40-42(38)50-41-30-14-13-28-39(41)46(40,36-23-9-3-10-24-36)37-25-11-4-12-26-37;1-5-16-32(17-6-1)43-47-44(33-18-7-2-8-19-33)49-45(48-43)36-21-15-20-34(30-36)35-28-29-40-42(31-35)50-41-27-14-13-26-39(41)46(40,37-22-9-3-10-23-37)38-24-11-4-12-25-38;1-5-15-33(16-6-1)43-47-44(34-17-7-2-8-18-34)49-45(48-43)35-27-25-32(26-28-35)36-29-30-42-40(31-36)46(37-19-9-3-10-20-37,38-21-11-4-12-22-38)39-23-13-14-24-41(39)50-42/h3*1-31H. The van der Waals surface area contributed by atoms with Crippen LogP contribution in [-0.2, 0) is 16.2 Å². The fourth-order valence-corrected chi connectivity index (χ4v) is 21.5. The van der Waals surface area contributed by atoms with E-state index in [9.17, 15) is 0 Å². The average molecular weight is 1930 g/mol. The van der Waals surface area contributed by atoms with Crippen molar-refractivity contribution in [1.82, 2.24) is 44.9 Å². The molecule has 0 saturated carbocycles. The lowest BCUT2D eigenvalue weighted by Gasteiger charge is -2.42. The number of benzene rings is 21. The van der Waals surface area contributed by atoms with Gasteiger partial charge in [0.05, 0.1) is 16.2 Å². The van der Waals surface area contributed by atoms with Crippen LogP contribution in [0.15, 0.2) is 564 Å². The SMILES string of the molecule is c1ccc(-c2nc(-c3ccccc3)nc(-c3ccc(-c4ccc5c(c4)C(c4ccccc4)(c4ccccc4)c4ccccc4O5)cc3)n2)cc1.c1ccc(-c2nc(-c3ccccc3)nc(-c3cccc(-c4ccc5c(c4)Oc4ccccc4C5(c4ccccc4)c4ccccc4)c3)n2)cc1.c1ccc(-c2nc(-c3ccccc3)nc(-c3cccc(-c4cccc5c4Oc4ccccc4C5(c4ccccc4)c4ccccc4)c3)n2)cc1. The molecule has 708 valence electrons. The minimum Gasteiger partial charge on any atom is -0.457 e. The molecular weight excluding hydrogens is 1830 g/mol. The fraction of sp³-hybridized carbons (Fsp3) is 0.0217. The van der Waals surface area contributed by atoms with Crippen molar-refractivity contribution in [2.45, 2.75) is 16.2 Å². The molecule has 12 heteroatoms. The van der Waals surface area contributed by atoms with Gasteiger partial charge in [-0.1, -0.05) is 516 Å². The number of aromatic nitrogens is 9. The molecule has 6 heterocycles. The first-order valence-electron chi connectivity index (χ1n) is 50.3. The van der Waals surface area contributed by atoms with Crippen molar-refractivity contribution in [3.8, 4) is 170 Å². The summed E-state index contributed by atoms with van der Waals surface area (Å²) in [6.45, 7) is 0. The number of hydrogen-bond acceptors (Lipinski definition) is 12. The van der Waals surface area contributed by atoms with Crippen molar-refractivity contribution in [1.29, 1.82) is 0 Å². The van der Waals surface area contributed by atoms with Gasteiger partial charge in [-0.15, -0.1) is 0 Å². The zero-order chi connectivity index (χ0) is 100.0. The monoisotopic (exact) mass is 1920 g/mol. The van der Waals surface area contributed by atoms with Gasteiger partial charge < -0.3 is 14.2 Å². The largest absolute Gasteiger partial charge is 0.457 e. The second-order valence-corrected chi connectivity index (χ2v) is 37.2. The first-order valence-corrected chi connectivity index (χ1v) is 50.3. The normalized spacial score (nSPS) is 12.7. The van der Waals surface area contributed by atoms with Crippen LogP contribution in [0.3, 0.4) is 0 Å². The lowest BCUT2D eigenvalue weighted by molar-refractivity contribution is 0.434. The third kappa shape index (κ3) is 17.2. The number of hydrogen-bond donors (Lipinski definition) is 0. The van der Waals surface area contributed by atoms with E-state index in [1.54, 1.807) is 0 Å². The van der Waals surface area contributed by atoms with E-state index in [1.807, 2.05) is 200 Å². The first-order chi connectivity index (χ1) is 74.3. The maximum Gasteiger partial charge on any atom is 0.164 e. The van der Waals surface area contributed by atoms with Gasteiger partial charge in [-0.2, -0.15) is 0 Å². The first kappa shape index (κ1) is 91.3. The van der Waals surface area contributed by atoms with E-state index in [2.05, 4.69) is 364 Å². The molecule has 24 aromatic rings. The number of ether oxygens (including phenoxy) is 3. The Bertz CT molecular complexity index is 8700. The number of para-hydroxylation sites is 4. The van der Waals surface area contributed by atoms with Gasteiger partial charge in [0.25, 0.3) is 0 Å². The van der Waals surface area contributed by atoms with E-state index in [0.29, 0.717) is 52.4 Å². The van der Waals surface area contributed by atoms with Crippen molar-refractivity contribution in [3.05, 3.63) is 631 Å². The van der Waals surface area contributed by atoms with Crippen LogP contribution in [0, 0.1) is 0 Å². The highest BCUT2D eigenvalue weighted by Gasteiger charge is 2.49. The smallest absolute Gasteiger partial charge is 0.164 e. The van der Waals surface area contributed by atoms with E-state index in [0.717, 1.165) is 151 Å². The predicted molar refractivity (Wildman–Crippen MR) is 600 cm³/mol. The number of nitrogens with zero attached hydrogens (tertiary/aromatic N) is 9. The maximum absolute atomic E-state index is 6.92. The summed E-state index contributed by atoms with van der Waals surface area (Å²) in [6, 6.07) is 195. The fourth-order valence-electron chi connectivity index (χ4n) is 21.5. The molecule has 27 rings (SSSR count). The molecule has 0 N–H and O–H groups in total. The summed E-state index contributed by atoms with van der Waals surface area (Å²) in [4.78, 5) is 44.4. The molecule has 12 nitrogen and oxygen atoms in total. The topological polar surface area (TPSA) is 144 Å². The molecule has 3 aliphatic rings. The van der Waals surface area contributed by atoms with Crippen molar-refractivity contribution in [2.24, 2.45) is 0 Å². The molecule has 150 heavy (non-hydrogen) atoms. The Morgan fingerprint density at radius 3 is 0.693 bits per heavy atom. The van der Waals surface area contributed by atoms with Gasteiger partial charge in [0.1, 0.15) is 34.5 Å². The molecule has 0 atom stereocenters. The summed E-state index contributed by atoms with van der Waals surface area (Å²) in [5, 5.41) is 0. The van der Waals surface area contributed by atoms with Gasteiger partial charge in [-0.3, -0.25) is 0 Å². The lowest BCUT2D eigenvalue weighted by Crippen LogP contribution is -2.34. The van der Waals surface area contributed by atoms with Gasteiger partial charge in [0.15, 0.2) is 52.4 Å². The highest BCUT2D eigenvalue weighted by Crippen LogP contribution is 2.61. The van der Waals surface area contributed by atoms with Crippen molar-refractivity contribution >= 4 is 0 Å². The summed E-state index contributed by atoms with van der Waals surface area (Å²) in [5.74, 6) is 10.8. The van der Waals surface area contributed by atoms with E-state index in [1.165, 1.54) is 33.4 Å². The van der Waals surface area contributed by atoms with Gasteiger partial charge in [-0.05, 0) is 110 Å². The molecular formula is C138H93N9O3. The van der Waals surface area contributed by atoms with Crippen LogP contribution in [0.2, 0.25) is 0 Å². The summed E-state index contributed by atoms with van der Waals surface area (Å²) in [7, 11) is 0. The summed E-state index contributed by atoms with van der Waals surface area (Å²) in [5.41, 5.74) is 26.7. The minimum absolute atomic E-state index is 0.556. The van der Waals surface area contributed by atoms with Crippen molar-refractivity contribution in [3.63, 3.8) is 0 Å². The Kier molecular flexibility index (Phi) is 24.5. The van der Waals surface area contributed by atoms with Crippen LogP contribution in [0.25, 0.3) is 136 Å². The summed E-state index contributed by atoms with van der Waals surface area (Å²) in [6.07, 6.45) is 0. The molecule has 21 aromatic carbocycles. The Labute approximate surface area is 870 Å². The van der Waals surface area contributed by atoms with Crippen LogP contribution in [0.4, 0.5) is 0 Å². The van der Waals surface area contributed by atoms with Crippen LogP contribution < -0.4 is 14.2 Å². The van der Waals surface area contributed by atoms with E-state index < -0.39 is 16.2 Å². The highest BCUT2D eigenvalue weighted by atomic mass is 16.5. The summed E-state index contributed by atoms with van der Waals surface area (Å²) >= 11 is 0. The Hall–Kier alpha value is -20.0. The molecule has 0 bridgehead atoms. The second kappa shape index (κ2) is 40.3. The molecule has 0 saturated heterocycles. The Morgan fingerprint density at radius 2 is 0.333 bits per heavy atom. The Morgan fingerprint density at radius 1 is 0.120 bits per heavy atom. The lowest BCUT2D eigenvalue weighted by atomic mass is 9.63. The number of fused-ring (bicyclic) bond motifs is 6. The molecule has 0 radical (unpaired) electrons. The van der Waals surface area contributed by atoms with Crippen LogP contribution in [-0.4, -0.2) is 44.9 Å². The molecule has 0 unspecified atom stereocenters. The van der Waals surface area contributed by atoms with Crippen LogP contribution >= 0.6 is 0 Å². The second-order valence-electron chi connectivity index (χ2n) is 37.2. The van der Waals surface area contributed by atoms with E-state index >= 15 is 0 Å². The summed E-state index contributed by atoms with van der Waals surface area (Å²) < 4.78 is 20.3. The van der Waals surface area contributed by atoms with Crippen molar-refractivity contribution in [2.75, 3.05) is 0 Å². The number of rotatable bonds is 18. The molecule has 0 amide bonds. The van der Waals surface area contributed by atoms with Gasteiger partial charge in [0, 0.05) is 89.0 Å². The molecule has 0 aliphatic carbocycles. The third-order valence-electron chi connectivity index (χ3n) is 28.4.